The van der Waals surface area contributed by atoms with E-state index in [9.17, 15) is 32.3 Å². The van der Waals surface area contributed by atoms with Crippen LogP contribution in [0.15, 0.2) is 78.9 Å². The third-order valence-electron chi connectivity index (χ3n) is 6.53. The van der Waals surface area contributed by atoms with Crippen molar-refractivity contribution in [2.24, 2.45) is 5.73 Å². The van der Waals surface area contributed by atoms with E-state index in [0.29, 0.717) is 16.8 Å². The molecular weight excluding hydrogens is 611 g/mol. The first-order valence-electron chi connectivity index (χ1n) is 13.3. The fourth-order valence-corrected chi connectivity index (χ4v) is 4.69. The molecule has 1 aliphatic heterocycles. The maximum Gasteiger partial charge on any atom is 0.491 e. The summed E-state index contributed by atoms with van der Waals surface area (Å²) < 4.78 is 42.5. The number of carbonyl (C=O) groups is 4. The molecule has 0 bridgehead atoms. The molecule has 1 aliphatic rings. The van der Waals surface area contributed by atoms with E-state index in [-0.39, 0.29) is 23.8 Å². The first-order valence-corrected chi connectivity index (χ1v) is 13.8. The number of thiol groups is 1. The van der Waals surface area contributed by atoms with Gasteiger partial charge in [-0.25, -0.2) is 4.79 Å². The molecule has 0 radical (unpaired) electrons. The van der Waals surface area contributed by atoms with Crippen molar-refractivity contribution >= 4 is 53.7 Å². The summed E-state index contributed by atoms with van der Waals surface area (Å²) in [7, 11) is 0. The second kappa shape index (κ2) is 14.0. The fraction of sp³-hybridized carbons (Fsp3) is 0.194. The first-order chi connectivity index (χ1) is 21.3. The van der Waals surface area contributed by atoms with Crippen molar-refractivity contribution < 1.29 is 37.1 Å². The third-order valence-corrected chi connectivity index (χ3v) is 6.84. The van der Waals surface area contributed by atoms with Gasteiger partial charge in [0.15, 0.2) is 5.96 Å². The molecule has 4 N–H and O–H groups in total. The molecule has 2 amide bonds. The molecule has 14 heteroatoms. The van der Waals surface area contributed by atoms with Gasteiger partial charge >= 0.3 is 18.1 Å². The summed E-state index contributed by atoms with van der Waals surface area (Å²) in [5.41, 5.74) is 6.66. The number of anilines is 2. The van der Waals surface area contributed by atoms with Gasteiger partial charge in [-0.05, 0) is 35.9 Å². The maximum absolute atomic E-state index is 14.2. The van der Waals surface area contributed by atoms with E-state index in [2.05, 4.69) is 34.5 Å². The summed E-state index contributed by atoms with van der Waals surface area (Å²) in [4.78, 5) is 54.4. The minimum Gasteiger partial charge on any atom is -0.386 e. The largest absolute Gasteiger partial charge is 0.491 e. The highest BCUT2D eigenvalue weighted by molar-refractivity contribution is 7.81. The van der Waals surface area contributed by atoms with Crippen LogP contribution in [-0.4, -0.2) is 59.1 Å². The maximum atomic E-state index is 14.2. The van der Waals surface area contributed by atoms with Crippen LogP contribution in [0.5, 0.6) is 0 Å². The predicted molar refractivity (Wildman–Crippen MR) is 162 cm³/mol. The summed E-state index contributed by atoms with van der Waals surface area (Å²) in [6.07, 6.45) is -6.26. The van der Waals surface area contributed by atoms with Gasteiger partial charge in [-0.3, -0.25) is 24.7 Å². The Morgan fingerprint density at radius 2 is 1.69 bits per heavy atom. The van der Waals surface area contributed by atoms with E-state index >= 15 is 0 Å². The highest BCUT2D eigenvalue weighted by atomic mass is 32.1. The Hall–Kier alpha value is -5.29. The lowest BCUT2D eigenvalue weighted by molar-refractivity contribution is -0.202. The van der Waals surface area contributed by atoms with Gasteiger partial charge in [0.2, 0.25) is 0 Å². The van der Waals surface area contributed by atoms with Crippen LogP contribution >= 0.6 is 12.6 Å². The number of rotatable bonds is 7. The van der Waals surface area contributed by atoms with Crippen LogP contribution in [0.3, 0.4) is 0 Å². The highest BCUT2D eigenvalue weighted by Crippen LogP contribution is 2.36. The first kappa shape index (κ1) is 32.6. The topological polar surface area (TPSA) is 146 Å². The zero-order valence-electron chi connectivity index (χ0n) is 23.4. The second-order valence-corrected chi connectivity index (χ2v) is 10.3. The molecule has 2 unspecified atom stereocenters. The van der Waals surface area contributed by atoms with Gasteiger partial charge < -0.3 is 20.7 Å². The smallest absolute Gasteiger partial charge is 0.386 e. The standard InChI is InChI=1S/C31H26F3N5O5S/c32-31(33,34)29(43)44-27(41)16-25(20-7-3-1-4-8-20)38-18-26(40)39(21-9-5-2-6-10-21)24-14-12-19(15-23(24)28(38)42)11-13-22(45)17-37-30(35)36/h1-10,12,14-15,22,25,45H,16-18H2,(H4,35,36,37). The Balaban J connectivity index is 1.79. The predicted octanol–water partition coefficient (Wildman–Crippen LogP) is 3.70. The number of alkyl halides is 3. The molecule has 0 fully saturated rings. The average molecular weight is 638 g/mol. The molecule has 0 aromatic heterocycles. The number of nitrogens with one attached hydrogen (secondary N) is 2. The molecule has 4 rings (SSSR count). The van der Waals surface area contributed by atoms with Crippen LogP contribution in [-0.2, 0) is 19.1 Å². The van der Waals surface area contributed by atoms with Gasteiger partial charge in [-0.2, -0.15) is 25.8 Å². The lowest BCUT2D eigenvalue weighted by atomic mass is 10.00. The van der Waals surface area contributed by atoms with Gasteiger partial charge in [0.25, 0.3) is 11.8 Å². The van der Waals surface area contributed by atoms with Crippen LogP contribution < -0.4 is 16.0 Å². The molecule has 10 nitrogen and oxygen atoms in total. The molecule has 45 heavy (non-hydrogen) atoms. The lowest BCUT2D eigenvalue weighted by Crippen LogP contribution is -2.41. The van der Waals surface area contributed by atoms with Crippen LogP contribution in [0, 0.1) is 17.3 Å². The SMILES string of the molecule is N=C(N)NCC(S)C#Cc1ccc2c(c1)C(=O)N(C(CC(=O)OC(=O)C(F)(F)F)c1ccccc1)CC(=O)N2c1ccccc1. The highest BCUT2D eigenvalue weighted by Gasteiger charge is 2.43. The van der Waals surface area contributed by atoms with Crippen molar-refractivity contribution in [2.45, 2.75) is 23.9 Å². The number of hydrogen-bond acceptors (Lipinski definition) is 7. The Labute approximate surface area is 261 Å². The van der Waals surface area contributed by atoms with Crippen molar-refractivity contribution in [3.63, 3.8) is 0 Å². The molecule has 0 saturated carbocycles. The van der Waals surface area contributed by atoms with E-state index in [4.69, 9.17) is 11.1 Å². The summed E-state index contributed by atoms with van der Waals surface area (Å²) in [6.45, 7) is -0.399. The zero-order chi connectivity index (χ0) is 32.7. The van der Waals surface area contributed by atoms with Gasteiger partial charge in [-0.1, -0.05) is 60.4 Å². The number of para-hydroxylation sites is 1. The number of halogens is 3. The number of esters is 2. The Kier molecular flexibility index (Phi) is 10.1. The van der Waals surface area contributed by atoms with Gasteiger partial charge in [0, 0.05) is 17.8 Å². The number of amides is 2. The minimum atomic E-state index is -5.41. The number of nitrogens with zero attached hydrogens (tertiary/aromatic N) is 2. The molecule has 1 heterocycles. The molecule has 2 atom stereocenters. The summed E-state index contributed by atoms with van der Waals surface area (Å²) in [5, 5.41) is 9.34. The molecule has 0 aliphatic carbocycles. The number of nitrogens with two attached hydrogens (primary N) is 1. The molecule has 3 aromatic rings. The number of fused-ring (bicyclic) bond motifs is 1. The van der Waals surface area contributed by atoms with Crippen LogP contribution in [0.2, 0.25) is 0 Å². The molecular formula is C31H26F3N5O5S. The van der Waals surface area contributed by atoms with Crippen LogP contribution in [0.4, 0.5) is 24.5 Å². The average Bonchev–Trinajstić information content (AvgIpc) is 3.11. The fourth-order valence-electron chi connectivity index (χ4n) is 4.54. The summed E-state index contributed by atoms with van der Waals surface area (Å²) >= 11 is 4.34. The van der Waals surface area contributed by atoms with Crippen molar-refractivity contribution in [1.82, 2.24) is 10.2 Å². The molecule has 232 valence electrons. The molecule has 0 saturated heterocycles. The van der Waals surface area contributed by atoms with E-state index in [1.54, 1.807) is 60.7 Å². The van der Waals surface area contributed by atoms with E-state index in [1.165, 1.54) is 23.1 Å². The van der Waals surface area contributed by atoms with E-state index in [1.807, 2.05) is 0 Å². The second-order valence-electron chi connectivity index (χ2n) is 9.70. The van der Waals surface area contributed by atoms with Crippen molar-refractivity contribution in [3.8, 4) is 11.8 Å². The quantitative estimate of drug-likeness (QED) is 0.0772. The Morgan fingerprint density at radius 1 is 1.04 bits per heavy atom. The number of ether oxygens (including phenoxy) is 1. The molecule has 0 spiro atoms. The minimum absolute atomic E-state index is 0.0229. The van der Waals surface area contributed by atoms with Crippen molar-refractivity contribution in [1.29, 1.82) is 5.41 Å². The monoisotopic (exact) mass is 637 g/mol. The third kappa shape index (κ3) is 8.21. The Morgan fingerprint density at radius 3 is 2.31 bits per heavy atom. The lowest BCUT2D eigenvalue weighted by Gasteiger charge is -2.30. The number of benzene rings is 3. The van der Waals surface area contributed by atoms with Crippen LogP contribution in [0.1, 0.15) is 33.9 Å². The Bertz CT molecular complexity index is 1680. The van der Waals surface area contributed by atoms with Crippen molar-refractivity contribution in [3.05, 3.63) is 95.6 Å². The summed E-state index contributed by atoms with van der Waals surface area (Å²) in [5.74, 6) is 0.000635. The van der Waals surface area contributed by atoms with Gasteiger partial charge in [0.1, 0.15) is 6.54 Å². The van der Waals surface area contributed by atoms with E-state index < -0.39 is 54.2 Å². The number of hydrogen-bond donors (Lipinski definition) is 4. The normalized spacial score (nSPS) is 14.3. The molecule has 3 aromatic carbocycles. The van der Waals surface area contributed by atoms with Gasteiger partial charge in [-0.15, -0.1) is 0 Å². The van der Waals surface area contributed by atoms with Gasteiger partial charge in [0.05, 0.1) is 29.0 Å². The van der Waals surface area contributed by atoms with Crippen LogP contribution in [0.25, 0.3) is 0 Å². The number of carbonyl (C=O) groups excluding carboxylic acids is 4. The van der Waals surface area contributed by atoms with E-state index in [0.717, 1.165) is 4.90 Å². The summed E-state index contributed by atoms with van der Waals surface area (Å²) in [6, 6.07) is 19.7. The zero-order valence-corrected chi connectivity index (χ0v) is 24.3. The number of guanidine groups is 1. The van der Waals surface area contributed by atoms with Crippen molar-refractivity contribution in [2.75, 3.05) is 18.0 Å².